The monoisotopic (exact) mass is 443 g/mol. The van der Waals surface area contributed by atoms with Crippen molar-refractivity contribution < 1.29 is 8.42 Å². The summed E-state index contributed by atoms with van der Waals surface area (Å²) in [4.78, 5) is 0.354. The van der Waals surface area contributed by atoms with Crippen LogP contribution in [0.4, 0.5) is 0 Å². The topological polar surface area (TPSA) is 46.2 Å². The second-order valence-electron chi connectivity index (χ2n) is 6.38. The Morgan fingerprint density at radius 2 is 1.41 bits per heavy atom. The molecule has 3 aromatic rings. The van der Waals surface area contributed by atoms with Crippen molar-refractivity contribution in [1.29, 1.82) is 0 Å². The van der Waals surface area contributed by atoms with Crippen LogP contribution in [0.2, 0.25) is 0 Å². The molecule has 5 heteroatoms. The first-order chi connectivity index (χ1) is 13.0. The quantitative estimate of drug-likeness (QED) is 0.543. The molecule has 3 rings (SSSR count). The second-order valence-corrected chi connectivity index (χ2v) is 9.40. The third-order valence-electron chi connectivity index (χ3n) is 4.42. The van der Waals surface area contributed by atoms with E-state index in [0.29, 0.717) is 11.4 Å². The molecule has 0 bridgehead atoms. The summed E-state index contributed by atoms with van der Waals surface area (Å²) in [5.74, 6) is 0.0623. The summed E-state index contributed by atoms with van der Waals surface area (Å²) in [5, 5.41) is 3.43. The van der Waals surface area contributed by atoms with Crippen LogP contribution in [-0.2, 0) is 16.3 Å². The summed E-state index contributed by atoms with van der Waals surface area (Å²) >= 11 is 3.33. The van der Waals surface area contributed by atoms with Crippen molar-refractivity contribution in [2.45, 2.75) is 17.4 Å². The van der Waals surface area contributed by atoms with E-state index < -0.39 is 9.84 Å². The predicted octanol–water partition coefficient (Wildman–Crippen LogP) is 4.80. The highest BCUT2D eigenvalue weighted by Gasteiger charge is 2.16. The molecule has 140 valence electrons. The van der Waals surface area contributed by atoms with Crippen LogP contribution in [-0.4, -0.2) is 20.7 Å². The Labute approximate surface area is 169 Å². The molecule has 3 aromatic carbocycles. The summed E-state index contributed by atoms with van der Waals surface area (Å²) in [7, 11) is -3.31. The van der Waals surface area contributed by atoms with Crippen molar-refractivity contribution in [3.8, 4) is 0 Å². The van der Waals surface area contributed by atoms with Gasteiger partial charge in [0.25, 0.3) is 0 Å². The number of hydrogen-bond acceptors (Lipinski definition) is 3. The van der Waals surface area contributed by atoms with Gasteiger partial charge in [-0.05, 0) is 41.8 Å². The SMILES string of the molecule is O=S(=O)(CCNC(Cc1ccccc1)c1ccccc1)c1ccc(Br)cc1. The Bertz CT molecular complexity index is 943. The molecule has 0 aliphatic rings. The number of hydrogen-bond donors (Lipinski definition) is 1. The van der Waals surface area contributed by atoms with Crippen molar-refractivity contribution in [2.75, 3.05) is 12.3 Å². The molecule has 0 saturated heterocycles. The average molecular weight is 444 g/mol. The lowest BCUT2D eigenvalue weighted by molar-refractivity contribution is 0.542. The number of nitrogens with one attached hydrogen (secondary N) is 1. The maximum Gasteiger partial charge on any atom is 0.179 e. The Morgan fingerprint density at radius 3 is 2.04 bits per heavy atom. The lowest BCUT2D eigenvalue weighted by Gasteiger charge is -2.19. The molecule has 1 N–H and O–H groups in total. The Hall–Kier alpha value is -1.95. The Balaban J connectivity index is 1.68. The normalized spacial score (nSPS) is 12.6. The first-order valence-electron chi connectivity index (χ1n) is 8.85. The van der Waals surface area contributed by atoms with Crippen molar-refractivity contribution in [3.05, 3.63) is 101 Å². The van der Waals surface area contributed by atoms with Gasteiger partial charge in [-0.15, -0.1) is 0 Å². The zero-order valence-corrected chi connectivity index (χ0v) is 17.3. The summed E-state index contributed by atoms with van der Waals surface area (Å²) in [6.07, 6.45) is 0.809. The molecule has 0 radical (unpaired) electrons. The van der Waals surface area contributed by atoms with Crippen LogP contribution in [0.3, 0.4) is 0 Å². The van der Waals surface area contributed by atoms with Gasteiger partial charge in [0.1, 0.15) is 0 Å². The third kappa shape index (κ3) is 5.76. The van der Waals surface area contributed by atoms with Gasteiger partial charge < -0.3 is 5.32 Å². The van der Waals surface area contributed by atoms with E-state index in [9.17, 15) is 8.42 Å². The molecule has 0 spiro atoms. The van der Waals surface area contributed by atoms with E-state index in [0.717, 1.165) is 16.5 Å². The van der Waals surface area contributed by atoms with Crippen LogP contribution in [0, 0.1) is 0 Å². The molecule has 0 amide bonds. The standard InChI is InChI=1S/C22H22BrNO2S/c23-20-11-13-21(14-12-20)27(25,26)16-15-24-22(19-9-5-2-6-10-19)17-18-7-3-1-4-8-18/h1-14,22,24H,15-17H2. The van der Waals surface area contributed by atoms with E-state index >= 15 is 0 Å². The van der Waals surface area contributed by atoms with E-state index in [4.69, 9.17) is 0 Å². The minimum atomic E-state index is -3.31. The molecule has 0 aliphatic carbocycles. The van der Waals surface area contributed by atoms with Crippen LogP contribution in [0.1, 0.15) is 17.2 Å². The van der Waals surface area contributed by atoms with E-state index in [2.05, 4.69) is 45.5 Å². The fraction of sp³-hybridized carbons (Fsp3) is 0.182. The highest BCUT2D eigenvalue weighted by atomic mass is 79.9. The predicted molar refractivity (Wildman–Crippen MR) is 114 cm³/mol. The molecule has 1 atom stereocenters. The van der Waals surface area contributed by atoms with E-state index in [1.54, 1.807) is 24.3 Å². The zero-order valence-electron chi connectivity index (χ0n) is 14.9. The average Bonchev–Trinajstić information content (AvgIpc) is 2.69. The van der Waals surface area contributed by atoms with Crippen LogP contribution in [0.5, 0.6) is 0 Å². The lowest BCUT2D eigenvalue weighted by Crippen LogP contribution is -2.28. The van der Waals surface area contributed by atoms with Gasteiger partial charge in [-0.1, -0.05) is 76.6 Å². The van der Waals surface area contributed by atoms with Crippen molar-refractivity contribution in [3.63, 3.8) is 0 Å². The van der Waals surface area contributed by atoms with Gasteiger partial charge in [0, 0.05) is 17.1 Å². The highest BCUT2D eigenvalue weighted by molar-refractivity contribution is 9.10. The molecule has 0 saturated carbocycles. The van der Waals surface area contributed by atoms with Crippen molar-refractivity contribution in [2.24, 2.45) is 0 Å². The van der Waals surface area contributed by atoms with Gasteiger partial charge in [0.15, 0.2) is 9.84 Å². The van der Waals surface area contributed by atoms with Crippen LogP contribution in [0.15, 0.2) is 94.3 Å². The fourth-order valence-corrected chi connectivity index (χ4v) is 4.41. The summed E-state index contributed by atoms with van der Waals surface area (Å²) < 4.78 is 26.0. The third-order valence-corrected chi connectivity index (χ3v) is 6.68. The summed E-state index contributed by atoms with van der Waals surface area (Å²) in [6, 6.07) is 27.2. The van der Waals surface area contributed by atoms with Crippen molar-refractivity contribution in [1.82, 2.24) is 5.32 Å². The second kappa shape index (κ2) is 9.31. The number of benzene rings is 3. The Morgan fingerprint density at radius 1 is 0.815 bits per heavy atom. The first-order valence-corrected chi connectivity index (χ1v) is 11.3. The zero-order chi connectivity index (χ0) is 19.1. The maximum atomic E-state index is 12.6. The summed E-state index contributed by atoms with van der Waals surface area (Å²) in [5.41, 5.74) is 2.37. The molecular weight excluding hydrogens is 422 g/mol. The van der Waals surface area contributed by atoms with Crippen LogP contribution in [0.25, 0.3) is 0 Å². The fourth-order valence-electron chi connectivity index (χ4n) is 2.97. The van der Waals surface area contributed by atoms with Crippen LogP contribution < -0.4 is 5.32 Å². The van der Waals surface area contributed by atoms with Gasteiger partial charge in [-0.25, -0.2) is 8.42 Å². The first kappa shape index (κ1) is 19.8. The van der Waals surface area contributed by atoms with Crippen LogP contribution >= 0.6 is 15.9 Å². The number of rotatable bonds is 8. The molecule has 1 unspecified atom stereocenters. The van der Waals surface area contributed by atoms with Gasteiger partial charge in [0.05, 0.1) is 10.6 Å². The minimum Gasteiger partial charge on any atom is -0.309 e. The lowest BCUT2D eigenvalue weighted by atomic mass is 9.99. The van der Waals surface area contributed by atoms with Gasteiger partial charge in [-0.3, -0.25) is 0 Å². The molecular formula is C22H22BrNO2S. The highest BCUT2D eigenvalue weighted by Crippen LogP contribution is 2.19. The van der Waals surface area contributed by atoms with Crippen molar-refractivity contribution >= 4 is 25.8 Å². The minimum absolute atomic E-state index is 0.0623. The summed E-state index contributed by atoms with van der Waals surface area (Å²) in [6.45, 7) is 0.394. The molecule has 0 fully saturated rings. The molecule has 0 heterocycles. The van der Waals surface area contributed by atoms with E-state index in [1.807, 2.05) is 36.4 Å². The molecule has 3 nitrogen and oxygen atoms in total. The van der Waals surface area contributed by atoms with E-state index in [1.165, 1.54) is 5.56 Å². The molecule has 27 heavy (non-hydrogen) atoms. The smallest absolute Gasteiger partial charge is 0.179 e. The molecule has 0 aliphatic heterocycles. The Kier molecular flexibility index (Phi) is 6.83. The number of halogens is 1. The molecule has 0 aromatic heterocycles. The van der Waals surface area contributed by atoms with Gasteiger partial charge in [0.2, 0.25) is 0 Å². The van der Waals surface area contributed by atoms with Gasteiger partial charge >= 0.3 is 0 Å². The largest absolute Gasteiger partial charge is 0.309 e. The number of sulfone groups is 1. The maximum absolute atomic E-state index is 12.6. The van der Waals surface area contributed by atoms with Gasteiger partial charge in [-0.2, -0.15) is 0 Å². The van der Waals surface area contributed by atoms with E-state index in [-0.39, 0.29) is 11.8 Å².